The van der Waals surface area contributed by atoms with Gasteiger partial charge in [-0.2, -0.15) is 4.31 Å². The average molecular weight is 1400 g/mol. The first-order chi connectivity index (χ1) is 44.3. The number of hydrogen-bond acceptors (Lipinski definition) is 23. The van der Waals surface area contributed by atoms with E-state index in [0.717, 1.165) is 59.0 Å². The van der Waals surface area contributed by atoms with Gasteiger partial charge in [0, 0.05) is 20.3 Å². The largest absolute Gasteiger partial charge is 0.483 e. The van der Waals surface area contributed by atoms with Crippen molar-refractivity contribution in [1.82, 2.24) is 37.2 Å². The van der Waals surface area contributed by atoms with Crippen LogP contribution in [0.25, 0.3) is 0 Å². The highest BCUT2D eigenvalue weighted by Gasteiger charge is 2.55. The first-order valence-corrected chi connectivity index (χ1v) is 34.1. The molecular formula is C59H100N8O26P2. The normalized spacial score (nSPS) is 24.9. The van der Waals surface area contributed by atoms with E-state index >= 15 is 0 Å². The molecule has 0 radical (unpaired) electrons. The summed E-state index contributed by atoms with van der Waals surface area (Å²) in [6, 6.07) is -10.9. The number of allylic oxidation sites excluding steroid dienone is 7. The molecular weight excluding hydrogens is 1300 g/mol. The van der Waals surface area contributed by atoms with Crippen LogP contribution in [0.15, 0.2) is 46.6 Å². The molecule has 0 bridgehead atoms. The number of aliphatic hydroxyl groups is 4. The Hall–Kier alpha value is -5.91. The number of carbonyl (C=O) groups excluding carboxylic acids is 7. The second kappa shape index (κ2) is 42.0. The molecule has 34 nitrogen and oxygen atoms in total. The molecule has 95 heavy (non-hydrogen) atoms. The van der Waals surface area contributed by atoms with Crippen LogP contribution in [0, 0.1) is 0 Å². The van der Waals surface area contributed by atoms with Crippen molar-refractivity contribution in [3.8, 4) is 0 Å². The fourth-order valence-corrected chi connectivity index (χ4v) is 11.5. The van der Waals surface area contributed by atoms with Gasteiger partial charge >= 0.3 is 27.6 Å². The fraction of sp³-hybridized carbons (Fsp3) is 0.712. The monoisotopic (exact) mass is 1400 g/mol. The van der Waals surface area contributed by atoms with Crippen molar-refractivity contribution in [2.24, 2.45) is 5.73 Å². The first kappa shape index (κ1) is 85.2. The van der Waals surface area contributed by atoms with Crippen LogP contribution in [0.3, 0.4) is 0 Å². The summed E-state index contributed by atoms with van der Waals surface area (Å²) in [4.78, 5) is 137. The number of ether oxygens (including phenoxy) is 4. The summed E-state index contributed by atoms with van der Waals surface area (Å²) in [5.41, 5.74) is 10.0. The number of carboxylic acids is 2. The van der Waals surface area contributed by atoms with Crippen LogP contribution in [0.4, 0.5) is 0 Å². The van der Waals surface area contributed by atoms with Gasteiger partial charge in [-0.25, -0.2) is 13.9 Å². The van der Waals surface area contributed by atoms with E-state index in [1.807, 2.05) is 6.92 Å². The molecule has 0 saturated carbocycles. The summed E-state index contributed by atoms with van der Waals surface area (Å²) in [5, 5.41) is 78.1. The molecule has 0 spiro atoms. The molecule has 2 unspecified atom stereocenters. The lowest BCUT2D eigenvalue weighted by atomic mass is 9.94. The molecule has 542 valence electrons. The van der Waals surface area contributed by atoms with Crippen molar-refractivity contribution >= 4 is 68.9 Å². The Morgan fingerprint density at radius 3 is 1.65 bits per heavy atom. The zero-order valence-corrected chi connectivity index (χ0v) is 57.3. The summed E-state index contributed by atoms with van der Waals surface area (Å²) < 4.78 is 65.6. The van der Waals surface area contributed by atoms with Gasteiger partial charge in [0.25, 0.3) is 0 Å². The van der Waals surface area contributed by atoms with E-state index in [1.165, 1.54) is 36.6 Å². The van der Waals surface area contributed by atoms with Gasteiger partial charge in [0.2, 0.25) is 41.4 Å². The molecule has 2 saturated heterocycles. The maximum atomic E-state index is 14.0. The number of carbonyl (C=O) groups is 9. The van der Waals surface area contributed by atoms with Gasteiger partial charge in [-0.3, -0.25) is 47.4 Å². The minimum Gasteiger partial charge on any atom is -0.480 e. The Bertz CT molecular complexity index is 2800. The van der Waals surface area contributed by atoms with Gasteiger partial charge < -0.3 is 102 Å². The molecule has 0 aromatic carbocycles. The highest BCUT2D eigenvalue weighted by Crippen LogP contribution is 2.61. The molecule has 17 N–H and O–H groups in total. The second-order valence-electron chi connectivity index (χ2n) is 23.6. The van der Waals surface area contributed by atoms with E-state index in [-0.39, 0.29) is 13.0 Å². The SMILES string of the molecule is CC(=O)N[C@H]1[C@H](O[C@H]2[C@H](O[C@H](C)C(=O)N[C@@H](C)C(=O)N[C@H](CCC(=O)N[C@@H](CCCCN)C(=O)N[C@H](C)C(=O)N[C@H](C)C(=O)O)C(=O)O)[C@@H](NC(C)=O)[C@@H](OP(=O)(O)OP(=O)(O)OC/C=C(/C)CC/C=C(/C)CC/C(C)=C\CCC=C(C)C)O[C@@H]2CO)O[C@H](CO)[C@@H](O)[C@@H]1O. The summed E-state index contributed by atoms with van der Waals surface area (Å²) in [7, 11) is -11.4. The zero-order chi connectivity index (χ0) is 72.1. The number of aliphatic carboxylic acids is 2. The van der Waals surface area contributed by atoms with Crippen LogP contribution in [0.5, 0.6) is 0 Å². The number of hydrogen-bond donors (Lipinski definition) is 16. The van der Waals surface area contributed by atoms with Crippen molar-refractivity contribution < 1.29 is 125 Å². The van der Waals surface area contributed by atoms with Crippen molar-refractivity contribution in [3.63, 3.8) is 0 Å². The van der Waals surface area contributed by atoms with Gasteiger partial charge in [-0.15, -0.1) is 0 Å². The fourth-order valence-electron chi connectivity index (χ4n) is 9.45. The van der Waals surface area contributed by atoms with E-state index < -0.39 is 199 Å². The van der Waals surface area contributed by atoms with Crippen LogP contribution in [0.2, 0.25) is 0 Å². The van der Waals surface area contributed by atoms with Crippen LogP contribution < -0.4 is 43.0 Å². The van der Waals surface area contributed by atoms with Gasteiger partial charge in [0.05, 0.1) is 19.8 Å². The molecule has 2 fully saturated rings. The van der Waals surface area contributed by atoms with Crippen molar-refractivity contribution in [2.45, 2.75) is 244 Å². The number of amides is 7. The molecule has 0 aliphatic carbocycles. The van der Waals surface area contributed by atoms with E-state index in [0.29, 0.717) is 25.7 Å². The minimum absolute atomic E-state index is 0.0203. The number of unbranched alkanes of at least 4 members (excludes halogenated alkanes) is 2. The maximum Gasteiger partial charge on any atom is 0.483 e. The quantitative estimate of drug-likeness (QED) is 0.0222. The Kier molecular flexibility index (Phi) is 37.7. The molecule has 36 heteroatoms. The third kappa shape index (κ3) is 31.4. The molecule has 18 atom stereocenters. The molecule has 0 aromatic heterocycles. The zero-order valence-electron chi connectivity index (χ0n) is 55.6. The number of aliphatic hydroxyl groups excluding tert-OH is 4. The smallest absolute Gasteiger partial charge is 0.480 e. The van der Waals surface area contributed by atoms with E-state index in [9.17, 15) is 87.6 Å². The molecule has 2 rings (SSSR count). The summed E-state index contributed by atoms with van der Waals surface area (Å²) in [6.07, 6.45) is -5.03. The van der Waals surface area contributed by atoms with Crippen LogP contribution in [0.1, 0.15) is 147 Å². The highest BCUT2D eigenvalue weighted by molar-refractivity contribution is 7.61. The van der Waals surface area contributed by atoms with Crippen molar-refractivity contribution in [1.29, 1.82) is 0 Å². The summed E-state index contributed by atoms with van der Waals surface area (Å²) >= 11 is 0. The lowest BCUT2D eigenvalue weighted by Crippen LogP contribution is -2.70. The third-order valence-corrected chi connectivity index (χ3v) is 17.4. The average Bonchev–Trinajstić information content (AvgIpc) is 0.772. The van der Waals surface area contributed by atoms with Crippen LogP contribution in [-0.2, 0) is 84.6 Å². The Balaban J connectivity index is 2.41. The van der Waals surface area contributed by atoms with Gasteiger partial charge in [-0.05, 0) is 133 Å². The lowest BCUT2D eigenvalue weighted by Gasteiger charge is -2.49. The number of rotatable bonds is 42. The topological polar surface area (TPSA) is 524 Å². The standard InChI is InChI=1S/C59H100N8O26P2/c1-31(2)17-12-13-18-32(3)22-23-33(4)19-16-20-34(5)26-28-87-94(83,84)93-95(85,86)92-59-47(65-40(11)71)51(50(44(30-69)90-59)91-58-46(64-39(10)70)49(74)48(73)43(29-68)89-58)88-38(9)54(77)61-36(7)53(76)67-42(57(81)82)24-25-45(72)66-41(21-14-15-27-60)55(78)62-35(6)52(75)63-37(8)56(79)80/h17-19,26,35-38,41-44,46-51,58-59,68-69,73-74H,12-16,20-25,27-30,60H2,1-11H3,(H,61,77)(H,62,78)(H,63,75)(H,64,70)(H,65,71)(H,66,72)(H,67,76)(H,79,80)(H,81,82)(H,83,84)(H,85,86)/b32-18-,33-19-,34-26-/t35-,36+,37-,38-,41+,42-,43-,44-,46-,47-,48-,49-,50-,51-,58+,59-/m1/s1. The first-order valence-electron chi connectivity index (χ1n) is 31.1. The summed E-state index contributed by atoms with van der Waals surface area (Å²) in [6.45, 7) is 14.1. The number of nitrogens with one attached hydrogen (secondary N) is 7. The molecule has 2 aliphatic rings. The number of phosphoric ester groups is 2. The third-order valence-electron chi connectivity index (χ3n) is 14.8. The van der Waals surface area contributed by atoms with E-state index in [4.69, 9.17) is 38.8 Å². The lowest BCUT2D eigenvalue weighted by molar-refractivity contribution is -0.331. The Morgan fingerprint density at radius 2 is 1.09 bits per heavy atom. The number of nitrogens with two attached hydrogens (primary N) is 1. The molecule has 7 amide bonds. The van der Waals surface area contributed by atoms with Crippen LogP contribution in [-0.4, -0.2) is 218 Å². The van der Waals surface area contributed by atoms with Gasteiger partial charge in [-0.1, -0.05) is 46.6 Å². The number of carboxylic acid groups (broad SMARTS) is 2. The summed E-state index contributed by atoms with van der Waals surface area (Å²) in [5.74, 6) is -9.60. The van der Waals surface area contributed by atoms with E-state index in [2.05, 4.69) is 80.5 Å². The van der Waals surface area contributed by atoms with Crippen molar-refractivity contribution in [3.05, 3.63) is 46.6 Å². The van der Waals surface area contributed by atoms with E-state index in [1.54, 1.807) is 6.92 Å². The van der Waals surface area contributed by atoms with Gasteiger partial charge in [0.15, 0.2) is 12.6 Å². The number of phosphoric acid groups is 2. The van der Waals surface area contributed by atoms with Crippen molar-refractivity contribution in [2.75, 3.05) is 26.4 Å². The maximum absolute atomic E-state index is 14.0. The highest BCUT2D eigenvalue weighted by atomic mass is 31.3. The minimum atomic E-state index is -5.92. The van der Waals surface area contributed by atoms with Gasteiger partial charge in [0.1, 0.15) is 85.0 Å². The second-order valence-corrected chi connectivity index (χ2v) is 26.6. The Morgan fingerprint density at radius 1 is 0.558 bits per heavy atom. The van der Waals surface area contributed by atoms with Crippen LogP contribution >= 0.6 is 15.6 Å². The predicted octanol–water partition coefficient (Wildman–Crippen LogP) is 0.269. The molecule has 0 aromatic rings. The Labute approximate surface area is 552 Å². The predicted molar refractivity (Wildman–Crippen MR) is 338 cm³/mol. The molecule has 2 heterocycles. The molecule has 2 aliphatic heterocycles.